The third-order valence-electron chi connectivity index (χ3n) is 5.70. The van der Waals surface area contributed by atoms with Crippen LogP contribution in [-0.4, -0.2) is 35.4 Å². The Morgan fingerprint density at radius 2 is 1.75 bits per heavy atom. The summed E-state index contributed by atoms with van der Waals surface area (Å²) in [5.41, 5.74) is 3.56. The third-order valence-corrected chi connectivity index (χ3v) is 5.70. The van der Waals surface area contributed by atoms with Crippen molar-refractivity contribution in [2.75, 3.05) is 19.6 Å². The topological polar surface area (TPSA) is 40.5 Å². The van der Waals surface area contributed by atoms with Gasteiger partial charge in [-0.1, -0.05) is 49.4 Å². The molecule has 2 aromatic carbocycles. The Hall–Kier alpha value is -2.39. The number of benzene rings is 2. The molecule has 1 heterocycles. The molecule has 3 nitrogen and oxygen atoms in total. The molecule has 148 valence electrons. The van der Waals surface area contributed by atoms with E-state index in [-0.39, 0.29) is 11.5 Å². The van der Waals surface area contributed by atoms with Gasteiger partial charge in [0.2, 0.25) is 0 Å². The number of phenols is 1. The quantitative estimate of drug-likeness (QED) is 0.651. The highest BCUT2D eigenvalue weighted by molar-refractivity contribution is 5.96. The molecule has 1 N–H and O–H groups in total. The maximum Gasteiger partial charge on any atom is 0.155 e. The lowest BCUT2D eigenvalue weighted by Gasteiger charge is -2.32. The van der Waals surface area contributed by atoms with E-state index in [1.807, 2.05) is 25.1 Å². The van der Waals surface area contributed by atoms with Crippen molar-refractivity contribution in [1.29, 1.82) is 0 Å². The molecule has 0 radical (unpaired) electrons. The van der Waals surface area contributed by atoms with Gasteiger partial charge < -0.3 is 10.0 Å². The first kappa shape index (κ1) is 20.3. The highest BCUT2D eigenvalue weighted by Gasteiger charge is 2.21. The molecule has 3 heteroatoms. The second kappa shape index (κ2) is 10.2. The Labute approximate surface area is 168 Å². The van der Waals surface area contributed by atoms with Gasteiger partial charge in [0, 0.05) is 13.0 Å². The first-order valence-electron chi connectivity index (χ1n) is 10.4. The number of rotatable bonds is 8. The van der Waals surface area contributed by atoms with Crippen LogP contribution in [0.15, 0.2) is 60.7 Å². The van der Waals surface area contributed by atoms with E-state index in [0.29, 0.717) is 12.3 Å². The molecular formula is C25H31NO2. The summed E-state index contributed by atoms with van der Waals surface area (Å²) in [5.74, 6) is 1.04. The van der Waals surface area contributed by atoms with E-state index in [1.54, 1.807) is 12.1 Å². The summed E-state index contributed by atoms with van der Waals surface area (Å²) in [6.07, 6.45) is 6.72. The molecule has 0 aliphatic carbocycles. The minimum Gasteiger partial charge on any atom is -0.508 e. The molecule has 1 fully saturated rings. The van der Waals surface area contributed by atoms with Gasteiger partial charge in [-0.25, -0.2) is 0 Å². The van der Waals surface area contributed by atoms with Crippen LogP contribution in [0.4, 0.5) is 0 Å². The SMILES string of the molecule is CCC(=O)/C=C(/CC1CCN(CCc2ccccc2)CC1)c1ccc(O)cc1. The van der Waals surface area contributed by atoms with Gasteiger partial charge in [-0.05, 0) is 79.6 Å². The highest BCUT2D eigenvalue weighted by Crippen LogP contribution is 2.30. The third kappa shape index (κ3) is 6.07. The average Bonchev–Trinajstić information content (AvgIpc) is 2.74. The molecule has 2 aromatic rings. The van der Waals surface area contributed by atoms with Crippen LogP contribution in [-0.2, 0) is 11.2 Å². The van der Waals surface area contributed by atoms with Crippen LogP contribution in [0.2, 0.25) is 0 Å². The van der Waals surface area contributed by atoms with Crippen LogP contribution in [0, 0.1) is 5.92 Å². The lowest BCUT2D eigenvalue weighted by Crippen LogP contribution is -2.35. The number of hydrogen-bond donors (Lipinski definition) is 1. The summed E-state index contributed by atoms with van der Waals surface area (Å²) in [6.45, 7) is 5.27. The van der Waals surface area contributed by atoms with Gasteiger partial charge in [0.15, 0.2) is 5.78 Å². The van der Waals surface area contributed by atoms with Gasteiger partial charge in [-0.3, -0.25) is 4.79 Å². The molecule has 0 atom stereocenters. The fourth-order valence-electron chi connectivity index (χ4n) is 3.89. The number of piperidine rings is 1. The van der Waals surface area contributed by atoms with Gasteiger partial charge in [-0.15, -0.1) is 0 Å². The van der Waals surface area contributed by atoms with Crippen LogP contribution in [0.25, 0.3) is 5.57 Å². The first-order valence-corrected chi connectivity index (χ1v) is 10.4. The number of likely N-dealkylation sites (tertiary alicyclic amines) is 1. The smallest absolute Gasteiger partial charge is 0.155 e. The second-order valence-corrected chi connectivity index (χ2v) is 7.76. The monoisotopic (exact) mass is 377 g/mol. The number of hydrogen-bond acceptors (Lipinski definition) is 3. The van der Waals surface area contributed by atoms with E-state index in [2.05, 4.69) is 35.2 Å². The molecule has 0 spiro atoms. The maximum atomic E-state index is 12.0. The van der Waals surface area contributed by atoms with E-state index in [1.165, 1.54) is 18.4 Å². The lowest BCUT2D eigenvalue weighted by molar-refractivity contribution is -0.114. The van der Waals surface area contributed by atoms with E-state index in [9.17, 15) is 9.90 Å². The molecule has 3 rings (SSSR count). The lowest BCUT2D eigenvalue weighted by atomic mass is 9.86. The molecule has 0 amide bonds. The van der Waals surface area contributed by atoms with Crippen molar-refractivity contribution in [3.63, 3.8) is 0 Å². The number of carbonyl (C=O) groups is 1. The van der Waals surface area contributed by atoms with Crippen LogP contribution in [0.3, 0.4) is 0 Å². The van der Waals surface area contributed by atoms with Crippen LogP contribution in [0.1, 0.15) is 43.7 Å². The zero-order valence-corrected chi connectivity index (χ0v) is 16.8. The number of aromatic hydroxyl groups is 1. The van der Waals surface area contributed by atoms with E-state index >= 15 is 0 Å². The molecule has 0 aromatic heterocycles. The van der Waals surface area contributed by atoms with Gasteiger partial charge in [0.25, 0.3) is 0 Å². The summed E-state index contributed by atoms with van der Waals surface area (Å²) in [4.78, 5) is 14.6. The standard InChI is InChI=1S/C25H31NO2/c1-2-24(27)19-23(22-8-10-25(28)11-9-22)18-21-13-16-26(17-14-21)15-12-20-6-4-3-5-7-20/h3-11,19,21,28H,2,12-18H2,1H3/b23-19-. The molecular weight excluding hydrogens is 346 g/mol. The average molecular weight is 378 g/mol. The fourth-order valence-corrected chi connectivity index (χ4v) is 3.89. The Morgan fingerprint density at radius 3 is 2.39 bits per heavy atom. The van der Waals surface area contributed by atoms with Gasteiger partial charge in [0.05, 0.1) is 0 Å². The normalized spacial score (nSPS) is 16.2. The number of allylic oxidation sites excluding steroid dienone is 2. The zero-order valence-electron chi connectivity index (χ0n) is 16.8. The molecule has 1 saturated heterocycles. The van der Waals surface area contributed by atoms with Crippen molar-refractivity contribution in [1.82, 2.24) is 4.90 Å². The highest BCUT2D eigenvalue weighted by atomic mass is 16.3. The molecule has 0 bridgehead atoms. The van der Waals surface area contributed by atoms with Crippen molar-refractivity contribution in [2.24, 2.45) is 5.92 Å². The summed E-state index contributed by atoms with van der Waals surface area (Å²) < 4.78 is 0. The van der Waals surface area contributed by atoms with E-state index in [0.717, 1.165) is 43.6 Å². The largest absolute Gasteiger partial charge is 0.508 e. The van der Waals surface area contributed by atoms with Crippen molar-refractivity contribution < 1.29 is 9.90 Å². The van der Waals surface area contributed by atoms with Crippen LogP contribution >= 0.6 is 0 Å². The number of nitrogens with zero attached hydrogens (tertiary/aromatic N) is 1. The summed E-state index contributed by atoms with van der Waals surface area (Å²) >= 11 is 0. The molecule has 28 heavy (non-hydrogen) atoms. The maximum absolute atomic E-state index is 12.0. The summed E-state index contributed by atoms with van der Waals surface area (Å²) in [5, 5.41) is 9.56. The number of phenolic OH excluding ortho intramolecular Hbond substituents is 1. The van der Waals surface area contributed by atoms with Crippen molar-refractivity contribution >= 4 is 11.4 Å². The predicted molar refractivity (Wildman–Crippen MR) is 115 cm³/mol. The zero-order chi connectivity index (χ0) is 19.8. The van der Waals surface area contributed by atoms with Crippen molar-refractivity contribution in [3.8, 4) is 5.75 Å². The molecule has 1 aliphatic heterocycles. The molecule has 0 unspecified atom stereocenters. The van der Waals surface area contributed by atoms with Gasteiger partial charge in [-0.2, -0.15) is 0 Å². The van der Waals surface area contributed by atoms with Crippen molar-refractivity contribution in [2.45, 2.75) is 39.0 Å². The molecule has 0 saturated carbocycles. The van der Waals surface area contributed by atoms with Crippen LogP contribution < -0.4 is 0 Å². The Morgan fingerprint density at radius 1 is 1.07 bits per heavy atom. The number of carbonyl (C=O) groups excluding carboxylic acids is 1. The van der Waals surface area contributed by atoms with E-state index < -0.39 is 0 Å². The minimum absolute atomic E-state index is 0.170. The second-order valence-electron chi connectivity index (χ2n) is 7.76. The summed E-state index contributed by atoms with van der Waals surface area (Å²) in [6, 6.07) is 17.9. The fraction of sp³-hybridized carbons (Fsp3) is 0.400. The Balaban J connectivity index is 1.55. The van der Waals surface area contributed by atoms with Crippen molar-refractivity contribution in [3.05, 3.63) is 71.8 Å². The first-order chi connectivity index (χ1) is 13.6. The van der Waals surface area contributed by atoms with Gasteiger partial charge >= 0.3 is 0 Å². The van der Waals surface area contributed by atoms with Gasteiger partial charge in [0.1, 0.15) is 5.75 Å². The van der Waals surface area contributed by atoms with Crippen LogP contribution in [0.5, 0.6) is 5.75 Å². The molecule has 1 aliphatic rings. The minimum atomic E-state index is 0.170. The summed E-state index contributed by atoms with van der Waals surface area (Å²) in [7, 11) is 0. The Kier molecular flexibility index (Phi) is 7.44. The number of ketones is 1. The van der Waals surface area contributed by atoms with E-state index in [4.69, 9.17) is 0 Å². The predicted octanol–water partition coefficient (Wildman–Crippen LogP) is 5.10. The Bertz CT molecular complexity index is 772.